The SMILES string of the molecule is CN=C(NCCS(=O)C(C)(C)C)NCc1nc(C)c(C)o1.I. The fraction of sp³-hybridized carbons (Fsp3) is 0.714. The summed E-state index contributed by atoms with van der Waals surface area (Å²) in [7, 11) is 0.825. The van der Waals surface area contributed by atoms with Gasteiger partial charge in [-0.2, -0.15) is 0 Å². The molecule has 0 amide bonds. The van der Waals surface area contributed by atoms with Gasteiger partial charge in [0.2, 0.25) is 5.89 Å². The predicted octanol–water partition coefficient (Wildman–Crippen LogP) is 2.12. The van der Waals surface area contributed by atoms with Gasteiger partial charge in [-0.3, -0.25) is 9.20 Å². The maximum Gasteiger partial charge on any atom is 0.214 e. The van der Waals surface area contributed by atoms with Crippen LogP contribution < -0.4 is 10.6 Å². The highest BCUT2D eigenvalue weighted by Gasteiger charge is 2.18. The minimum absolute atomic E-state index is 0. The molecule has 1 unspecified atom stereocenters. The molecule has 0 radical (unpaired) electrons. The molecule has 0 aromatic carbocycles. The summed E-state index contributed by atoms with van der Waals surface area (Å²) < 4.78 is 17.2. The molecule has 1 rings (SSSR count). The second-order valence-electron chi connectivity index (χ2n) is 5.76. The van der Waals surface area contributed by atoms with Gasteiger partial charge in [-0.15, -0.1) is 24.0 Å². The Balaban J connectivity index is 0.00000441. The Kier molecular flexibility index (Phi) is 9.21. The fourth-order valence-corrected chi connectivity index (χ4v) is 2.46. The van der Waals surface area contributed by atoms with E-state index in [2.05, 4.69) is 20.6 Å². The molecule has 0 saturated carbocycles. The Morgan fingerprint density at radius 3 is 2.41 bits per heavy atom. The van der Waals surface area contributed by atoms with E-state index in [-0.39, 0.29) is 28.7 Å². The molecule has 0 aliphatic heterocycles. The van der Waals surface area contributed by atoms with E-state index in [0.717, 1.165) is 11.5 Å². The van der Waals surface area contributed by atoms with E-state index in [9.17, 15) is 4.21 Å². The van der Waals surface area contributed by atoms with Crippen LogP contribution in [0.5, 0.6) is 0 Å². The van der Waals surface area contributed by atoms with Crippen LogP contribution in [-0.2, 0) is 17.3 Å². The molecular formula is C14H27IN4O2S. The Bertz CT molecular complexity index is 504. The number of aliphatic imine (C=N–C) groups is 1. The maximum atomic E-state index is 11.9. The molecule has 8 heteroatoms. The largest absolute Gasteiger partial charge is 0.444 e. The highest BCUT2D eigenvalue weighted by molar-refractivity contribution is 14.0. The predicted molar refractivity (Wildman–Crippen MR) is 102 cm³/mol. The van der Waals surface area contributed by atoms with Gasteiger partial charge in [-0.05, 0) is 34.6 Å². The van der Waals surface area contributed by atoms with Gasteiger partial charge in [0.05, 0.1) is 12.2 Å². The fourth-order valence-electron chi connectivity index (χ4n) is 1.56. The van der Waals surface area contributed by atoms with Gasteiger partial charge in [0, 0.05) is 34.9 Å². The van der Waals surface area contributed by atoms with E-state index in [0.29, 0.717) is 30.7 Å². The highest BCUT2D eigenvalue weighted by atomic mass is 127. The van der Waals surface area contributed by atoms with E-state index in [1.165, 1.54) is 0 Å². The van der Waals surface area contributed by atoms with Gasteiger partial charge in [0.1, 0.15) is 5.76 Å². The zero-order chi connectivity index (χ0) is 16.0. The van der Waals surface area contributed by atoms with Crippen molar-refractivity contribution in [2.45, 2.75) is 45.9 Å². The number of aromatic nitrogens is 1. The van der Waals surface area contributed by atoms with E-state index >= 15 is 0 Å². The summed E-state index contributed by atoms with van der Waals surface area (Å²) in [6, 6.07) is 0. The highest BCUT2D eigenvalue weighted by Crippen LogP contribution is 2.10. The first kappa shape index (κ1) is 21.4. The maximum absolute atomic E-state index is 11.9. The monoisotopic (exact) mass is 442 g/mol. The Labute approximate surface area is 152 Å². The van der Waals surface area contributed by atoms with Gasteiger partial charge in [0.25, 0.3) is 0 Å². The molecule has 2 N–H and O–H groups in total. The van der Waals surface area contributed by atoms with Crippen molar-refractivity contribution in [2.24, 2.45) is 4.99 Å². The number of nitrogens with one attached hydrogen (secondary N) is 2. The summed E-state index contributed by atoms with van der Waals surface area (Å²) in [5.74, 6) is 2.69. The number of rotatable bonds is 5. The van der Waals surface area contributed by atoms with Crippen molar-refractivity contribution in [2.75, 3.05) is 19.3 Å². The molecule has 22 heavy (non-hydrogen) atoms. The molecule has 0 saturated heterocycles. The molecule has 0 bridgehead atoms. The lowest BCUT2D eigenvalue weighted by molar-refractivity contribution is 0.464. The summed E-state index contributed by atoms with van der Waals surface area (Å²) >= 11 is 0. The molecule has 1 aromatic heterocycles. The minimum Gasteiger partial charge on any atom is -0.444 e. The molecule has 1 aromatic rings. The summed E-state index contributed by atoms with van der Waals surface area (Å²) in [4.78, 5) is 8.41. The van der Waals surface area contributed by atoms with Crippen LogP contribution in [0.25, 0.3) is 0 Å². The molecule has 0 spiro atoms. The second-order valence-corrected chi connectivity index (χ2v) is 8.09. The van der Waals surface area contributed by atoms with E-state index in [1.807, 2.05) is 34.6 Å². The molecular weight excluding hydrogens is 415 g/mol. The number of hydrogen-bond acceptors (Lipinski definition) is 4. The number of hydrogen-bond donors (Lipinski definition) is 2. The number of guanidine groups is 1. The van der Waals surface area contributed by atoms with E-state index in [4.69, 9.17) is 4.42 Å². The van der Waals surface area contributed by atoms with Crippen LogP contribution in [0.1, 0.15) is 38.1 Å². The van der Waals surface area contributed by atoms with Crippen LogP contribution >= 0.6 is 24.0 Å². The lowest BCUT2D eigenvalue weighted by Gasteiger charge is -2.18. The topological polar surface area (TPSA) is 79.5 Å². The first-order valence-electron chi connectivity index (χ1n) is 7.00. The van der Waals surface area contributed by atoms with E-state index < -0.39 is 10.8 Å². The average molecular weight is 442 g/mol. The lowest BCUT2D eigenvalue weighted by Crippen LogP contribution is -2.40. The third-order valence-corrected chi connectivity index (χ3v) is 4.91. The standard InChI is InChI=1S/C14H26N4O2S.HI/c1-10-11(2)20-12(18-10)9-17-13(15-6)16-7-8-21(19)14(3,4)5;/h7-9H2,1-6H3,(H2,15,16,17);1H. The summed E-state index contributed by atoms with van der Waals surface area (Å²) in [5.41, 5.74) is 0.898. The minimum atomic E-state index is -0.872. The molecule has 0 fully saturated rings. The molecule has 1 atom stereocenters. The van der Waals surface area contributed by atoms with Crippen LogP contribution in [0.3, 0.4) is 0 Å². The van der Waals surface area contributed by atoms with Crippen LogP contribution in [0, 0.1) is 13.8 Å². The molecule has 1 heterocycles. The second kappa shape index (κ2) is 9.49. The quantitative estimate of drug-likeness (QED) is 0.415. The van der Waals surface area contributed by atoms with Crippen LogP contribution in [0.4, 0.5) is 0 Å². The first-order chi connectivity index (χ1) is 9.74. The van der Waals surface area contributed by atoms with Gasteiger partial charge in [-0.1, -0.05) is 0 Å². The summed E-state index contributed by atoms with van der Waals surface area (Å²) in [6.45, 7) is 10.8. The molecule has 0 aliphatic carbocycles. The number of oxazole rings is 1. The Morgan fingerprint density at radius 1 is 1.32 bits per heavy atom. The van der Waals surface area contributed by atoms with Crippen LogP contribution in [0.2, 0.25) is 0 Å². The summed E-state index contributed by atoms with van der Waals surface area (Å²) in [6.07, 6.45) is 0. The Morgan fingerprint density at radius 2 is 1.95 bits per heavy atom. The van der Waals surface area contributed by atoms with Gasteiger partial charge in [-0.25, -0.2) is 4.98 Å². The molecule has 128 valence electrons. The lowest BCUT2D eigenvalue weighted by atomic mass is 10.3. The third kappa shape index (κ3) is 7.08. The Hall–Kier alpha value is -0.640. The first-order valence-corrected chi connectivity index (χ1v) is 8.32. The van der Waals surface area contributed by atoms with Crippen LogP contribution in [-0.4, -0.2) is 39.2 Å². The summed E-state index contributed by atoms with van der Waals surface area (Å²) in [5, 5.41) is 6.26. The van der Waals surface area contributed by atoms with Crippen molar-refractivity contribution in [1.29, 1.82) is 0 Å². The van der Waals surface area contributed by atoms with Crippen molar-refractivity contribution >= 4 is 40.7 Å². The van der Waals surface area contributed by atoms with Gasteiger partial charge >= 0.3 is 0 Å². The normalized spacial score (nSPS) is 13.5. The zero-order valence-corrected chi connectivity index (χ0v) is 17.3. The molecule has 6 nitrogen and oxygen atoms in total. The van der Waals surface area contributed by atoms with Crippen molar-refractivity contribution in [3.63, 3.8) is 0 Å². The average Bonchev–Trinajstić information content (AvgIpc) is 2.71. The van der Waals surface area contributed by atoms with Gasteiger partial charge in [0.15, 0.2) is 5.96 Å². The zero-order valence-electron chi connectivity index (χ0n) is 14.1. The van der Waals surface area contributed by atoms with Crippen LogP contribution in [0.15, 0.2) is 9.41 Å². The third-order valence-electron chi connectivity index (χ3n) is 2.97. The van der Waals surface area contributed by atoms with Crippen molar-refractivity contribution < 1.29 is 8.63 Å². The van der Waals surface area contributed by atoms with Crippen molar-refractivity contribution in [3.05, 3.63) is 17.3 Å². The smallest absolute Gasteiger partial charge is 0.214 e. The van der Waals surface area contributed by atoms with E-state index in [1.54, 1.807) is 7.05 Å². The number of nitrogens with zero attached hydrogens (tertiary/aromatic N) is 2. The van der Waals surface area contributed by atoms with Gasteiger partial charge < -0.3 is 15.1 Å². The van der Waals surface area contributed by atoms with Crippen molar-refractivity contribution in [3.8, 4) is 0 Å². The number of aryl methyl sites for hydroxylation is 2. The number of halogens is 1. The van der Waals surface area contributed by atoms with Crippen molar-refractivity contribution in [1.82, 2.24) is 15.6 Å². The molecule has 0 aliphatic rings.